The van der Waals surface area contributed by atoms with E-state index in [9.17, 15) is 18.1 Å². The van der Waals surface area contributed by atoms with Gasteiger partial charge in [-0.2, -0.15) is 0 Å². The van der Waals surface area contributed by atoms with Crippen LogP contribution >= 0.6 is 0 Å². The summed E-state index contributed by atoms with van der Waals surface area (Å²) in [5, 5.41) is 9.32. The first kappa shape index (κ1) is 26.0. The van der Waals surface area contributed by atoms with Crippen LogP contribution in [0.15, 0.2) is 0 Å². The quantitative estimate of drug-likeness (QED) is 0.176. The average molecular weight is 362 g/mol. The molecule has 0 aliphatic heterocycles. The van der Waals surface area contributed by atoms with E-state index in [0.29, 0.717) is 6.61 Å². The summed E-state index contributed by atoms with van der Waals surface area (Å²) in [7, 11) is -4.74. The summed E-state index contributed by atoms with van der Waals surface area (Å²) < 4.78 is 39.7. The molecule has 134 valence electrons. The van der Waals surface area contributed by atoms with E-state index >= 15 is 0 Å². The van der Waals surface area contributed by atoms with Gasteiger partial charge in [-0.15, -0.1) is 0 Å². The molecule has 0 aliphatic carbocycles. The number of ether oxygens (including phenoxy) is 1. The maximum Gasteiger partial charge on any atom is 1.00 e. The molecule has 0 aromatic heterocycles. The predicted octanol–water partition coefficient (Wildman–Crippen LogP) is -0.234. The van der Waals surface area contributed by atoms with Crippen LogP contribution in [0.5, 0.6) is 0 Å². The van der Waals surface area contributed by atoms with Gasteiger partial charge in [0.05, 0.1) is 13.2 Å². The van der Waals surface area contributed by atoms with Gasteiger partial charge < -0.3 is 14.4 Å². The summed E-state index contributed by atoms with van der Waals surface area (Å²) in [6.45, 7) is 2.17. The van der Waals surface area contributed by atoms with Crippen molar-refractivity contribution in [1.29, 1.82) is 0 Å². The Kier molecular flexibility index (Phi) is 19.9. The Morgan fingerprint density at radius 2 is 1.39 bits per heavy atom. The van der Waals surface area contributed by atoms with Gasteiger partial charge >= 0.3 is 29.6 Å². The minimum absolute atomic E-state index is 0. The molecule has 8 heteroatoms. The van der Waals surface area contributed by atoms with E-state index in [0.717, 1.165) is 12.8 Å². The molecule has 1 unspecified atom stereocenters. The number of aliphatic hydroxyl groups is 1. The summed E-state index contributed by atoms with van der Waals surface area (Å²) in [6, 6.07) is 0. The van der Waals surface area contributed by atoms with Crippen molar-refractivity contribution in [2.75, 3.05) is 19.8 Å². The summed E-state index contributed by atoms with van der Waals surface area (Å²) in [4.78, 5) is 0. The molecule has 0 aliphatic rings. The van der Waals surface area contributed by atoms with Crippen molar-refractivity contribution < 1.29 is 56.6 Å². The van der Waals surface area contributed by atoms with Gasteiger partial charge in [0.1, 0.15) is 6.10 Å². The Bertz CT molecular complexity index is 337. The van der Waals surface area contributed by atoms with Gasteiger partial charge in [0.25, 0.3) is 0 Å². The standard InChI is InChI=1S/C15H32O6S.Na/c1-2-3-4-5-6-7-8-9-10-11-12-20-13-15(16)14-21-22(17,18)19;/h15-16H,2-14H2,1H3,(H,17,18,19);/q;+1/p-1. The van der Waals surface area contributed by atoms with Gasteiger partial charge in [0.2, 0.25) is 10.4 Å². The average Bonchev–Trinajstić information content (AvgIpc) is 2.45. The molecule has 1 N–H and O–H groups in total. The van der Waals surface area contributed by atoms with Crippen LogP contribution < -0.4 is 29.6 Å². The Morgan fingerprint density at radius 1 is 0.913 bits per heavy atom. The van der Waals surface area contributed by atoms with Crippen LogP contribution in [0.4, 0.5) is 0 Å². The Labute approximate surface area is 163 Å². The molecule has 0 rings (SSSR count). The topological polar surface area (TPSA) is 95.9 Å². The molecule has 0 aromatic rings. The molecule has 0 aromatic carbocycles. The fraction of sp³-hybridized carbons (Fsp3) is 1.00. The van der Waals surface area contributed by atoms with Crippen molar-refractivity contribution in [3.63, 3.8) is 0 Å². The maximum absolute atomic E-state index is 10.2. The van der Waals surface area contributed by atoms with E-state index in [1.165, 1.54) is 51.4 Å². The predicted molar refractivity (Wildman–Crippen MR) is 84.3 cm³/mol. The Hall–Kier alpha value is 0.790. The van der Waals surface area contributed by atoms with Crippen molar-refractivity contribution >= 4 is 10.4 Å². The Balaban J connectivity index is 0. The van der Waals surface area contributed by atoms with Crippen LogP contribution in [-0.4, -0.2) is 44.0 Å². The first-order valence-corrected chi connectivity index (χ1v) is 9.65. The van der Waals surface area contributed by atoms with E-state index in [1.54, 1.807) is 0 Å². The van der Waals surface area contributed by atoms with Crippen molar-refractivity contribution in [1.82, 2.24) is 0 Å². The van der Waals surface area contributed by atoms with Crippen molar-refractivity contribution in [3.8, 4) is 0 Å². The molecule has 0 bridgehead atoms. The van der Waals surface area contributed by atoms with Crippen molar-refractivity contribution in [3.05, 3.63) is 0 Å². The number of aliphatic hydroxyl groups excluding tert-OH is 1. The SMILES string of the molecule is CCCCCCCCCCCCOCC(O)COS(=O)(=O)[O-].[Na+]. The summed E-state index contributed by atoms with van der Waals surface area (Å²) in [5.41, 5.74) is 0. The minimum Gasteiger partial charge on any atom is -0.726 e. The maximum atomic E-state index is 10.2. The first-order valence-electron chi connectivity index (χ1n) is 8.31. The van der Waals surface area contributed by atoms with Gasteiger partial charge in [-0.3, -0.25) is 4.18 Å². The zero-order chi connectivity index (χ0) is 16.7. The third-order valence-corrected chi connectivity index (χ3v) is 3.78. The number of hydrogen-bond donors (Lipinski definition) is 1. The second-order valence-corrected chi connectivity index (χ2v) is 6.66. The Morgan fingerprint density at radius 3 is 1.87 bits per heavy atom. The fourth-order valence-electron chi connectivity index (χ4n) is 2.12. The van der Waals surface area contributed by atoms with Crippen LogP contribution in [0.1, 0.15) is 71.1 Å². The van der Waals surface area contributed by atoms with E-state index < -0.39 is 23.1 Å². The molecule has 23 heavy (non-hydrogen) atoms. The molecule has 0 fully saturated rings. The van der Waals surface area contributed by atoms with E-state index in [-0.39, 0.29) is 36.2 Å². The van der Waals surface area contributed by atoms with Gasteiger partial charge in [-0.1, -0.05) is 64.7 Å². The first-order chi connectivity index (χ1) is 10.5. The number of unbranched alkanes of at least 4 members (excludes halogenated alkanes) is 9. The zero-order valence-corrected chi connectivity index (χ0v) is 17.5. The minimum atomic E-state index is -4.74. The monoisotopic (exact) mass is 362 g/mol. The van der Waals surface area contributed by atoms with Gasteiger partial charge in [0.15, 0.2) is 0 Å². The van der Waals surface area contributed by atoms with Gasteiger partial charge in [-0.25, -0.2) is 8.42 Å². The third kappa shape index (κ3) is 22.8. The molecular weight excluding hydrogens is 331 g/mol. The van der Waals surface area contributed by atoms with Crippen molar-refractivity contribution in [2.45, 2.75) is 77.2 Å². The molecule has 6 nitrogen and oxygen atoms in total. The molecule has 1 atom stereocenters. The molecule has 0 spiro atoms. The molecule has 0 heterocycles. The van der Waals surface area contributed by atoms with Crippen LogP contribution in [0, 0.1) is 0 Å². The van der Waals surface area contributed by atoms with Crippen LogP contribution in [0.2, 0.25) is 0 Å². The van der Waals surface area contributed by atoms with E-state index in [2.05, 4.69) is 11.1 Å². The summed E-state index contributed by atoms with van der Waals surface area (Å²) in [5.74, 6) is 0. The molecule has 0 saturated carbocycles. The smallest absolute Gasteiger partial charge is 0.726 e. The number of rotatable bonds is 16. The molecule has 0 radical (unpaired) electrons. The molecular formula is C15H31NaO6S. The molecule has 0 amide bonds. The molecule has 0 saturated heterocycles. The normalized spacial score (nSPS) is 12.8. The summed E-state index contributed by atoms with van der Waals surface area (Å²) >= 11 is 0. The largest absolute Gasteiger partial charge is 1.00 e. The fourth-order valence-corrected chi connectivity index (χ4v) is 2.44. The van der Waals surface area contributed by atoms with Gasteiger partial charge in [-0.05, 0) is 6.42 Å². The van der Waals surface area contributed by atoms with Crippen LogP contribution in [0.3, 0.4) is 0 Å². The van der Waals surface area contributed by atoms with Gasteiger partial charge in [0, 0.05) is 6.61 Å². The number of hydrogen-bond acceptors (Lipinski definition) is 6. The second-order valence-electron chi connectivity index (χ2n) is 5.60. The van der Waals surface area contributed by atoms with E-state index in [4.69, 9.17) is 4.74 Å². The summed E-state index contributed by atoms with van der Waals surface area (Å²) in [6.07, 6.45) is 11.3. The van der Waals surface area contributed by atoms with Crippen molar-refractivity contribution in [2.24, 2.45) is 0 Å². The van der Waals surface area contributed by atoms with Crippen LogP contribution in [0.25, 0.3) is 0 Å². The second kappa shape index (κ2) is 17.6. The van der Waals surface area contributed by atoms with Crippen LogP contribution in [-0.2, 0) is 19.3 Å². The third-order valence-electron chi connectivity index (χ3n) is 3.36. The zero-order valence-electron chi connectivity index (χ0n) is 14.7. The van der Waals surface area contributed by atoms with E-state index in [1.807, 2.05) is 0 Å².